The summed E-state index contributed by atoms with van der Waals surface area (Å²) in [6.45, 7) is 4.19. The van der Waals surface area contributed by atoms with Crippen LogP contribution in [0.1, 0.15) is 25.3 Å². The Morgan fingerprint density at radius 3 is 2.46 bits per heavy atom. The van der Waals surface area contributed by atoms with Gasteiger partial charge in [-0.25, -0.2) is 8.42 Å². The summed E-state index contributed by atoms with van der Waals surface area (Å²) in [5.74, 6) is -0.154. The first-order valence-corrected chi connectivity index (χ1v) is 10.8. The van der Waals surface area contributed by atoms with Crippen LogP contribution in [0.5, 0.6) is 5.75 Å². The molecule has 1 amide bonds. The van der Waals surface area contributed by atoms with Gasteiger partial charge in [0, 0.05) is 25.0 Å². The molecule has 150 valence electrons. The van der Waals surface area contributed by atoms with E-state index in [0.29, 0.717) is 5.75 Å². The summed E-state index contributed by atoms with van der Waals surface area (Å²) in [6.07, 6.45) is 0. The molecule has 2 atom stereocenters. The van der Waals surface area contributed by atoms with Crippen molar-refractivity contribution in [1.29, 1.82) is 0 Å². The van der Waals surface area contributed by atoms with Crippen LogP contribution in [0.2, 0.25) is 0 Å². The standard InChI is InChI=1S/C21H26N2O4S/c1-15(2)22-21(24)20-14-23(28(25,26)18-10-5-4-6-11-18)13-19(20)16-8-7-9-17(12-16)27-3/h4-12,15,19-20H,13-14H2,1-3H3,(H,22,24)/t19-,20-/m0/s1. The molecule has 1 heterocycles. The summed E-state index contributed by atoms with van der Waals surface area (Å²) in [5, 5.41) is 2.93. The fraction of sp³-hybridized carbons (Fsp3) is 0.381. The first kappa shape index (κ1) is 20.4. The van der Waals surface area contributed by atoms with Gasteiger partial charge in [0.25, 0.3) is 0 Å². The number of hydrogen-bond donors (Lipinski definition) is 1. The molecule has 3 rings (SSSR count). The van der Waals surface area contributed by atoms with E-state index in [0.717, 1.165) is 5.56 Å². The van der Waals surface area contributed by atoms with E-state index < -0.39 is 15.9 Å². The van der Waals surface area contributed by atoms with Crippen LogP contribution in [-0.4, -0.2) is 44.9 Å². The highest BCUT2D eigenvalue weighted by Gasteiger charge is 2.43. The maximum absolute atomic E-state index is 13.1. The van der Waals surface area contributed by atoms with E-state index >= 15 is 0 Å². The summed E-state index contributed by atoms with van der Waals surface area (Å²) < 4.78 is 32.9. The number of nitrogens with one attached hydrogen (secondary N) is 1. The Labute approximate surface area is 166 Å². The zero-order valence-electron chi connectivity index (χ0n) is 16.3. The van der Waals surface area contributed by atoms with Crippen LogP contribution in [0, 0.1) is 5.92 Å². The zero-order valence-corrected chi connectivity index (χ0v) is 17.1. The second-order valence-corrected chi connectivity index (χ2v) is 9.23. The number of sulfonamides is 1. The Bertz CT molecular complexity index is 928. The van der Waals surface area contributed by atoms with E-state index in [-0.39, 0.29) is 35.9 Å². The third-order valence-electron chi connectivity index (χ3n) is 4.96. The van der Waals surface area contributed by atoms with Crippen LogP contribution in [0.15, 0.2) is 59.5 Å². The predicted molar refractivity (Wildman–Crippen MR) is 108 cm³/mol. The van der Waals surface area contributed by atoms with Gasteiger partial charge >= 0.3 is 0 Å². The van der Waals surface area contributed by atoms with Gasteiger partial charge in [0.1, 0.15) is 5.75 Å². The first-order valence-electron chi connectivity index (χ1n) is 9.32. The van der Waals surface area contributed by atoms with Gasteiger partial charge in [0.2, 0.25) is 15.9 Å². The molecule has 2 aromatic carbocycles. The van der Waals surface area contributed by atoms with Crippen molar-refractivity contribution in [2.75, 3.05) is 20.2 Å². The normalized spacial score (nSPS) is 20.3. The van der Waals surface area contributed by atoms with Crippen LogP contribution in [0.3, 0.4) is 0 Å². The molecule has 2 aromatic rings. The smallest absolute Gasteiger partial charge is 0.243 e. The van der Waals surface area contributed by atoms with Crippen molar-refractivity contribution in [3.05, 3.63) is 60.2 Å². The summed E-state index contributed by atoms with van der Waals surface area (Å²) in [5.41, 5.74) is 0.897. The lowest BCUT2D eigenvalue weighted by molar-refractivity contribution is -0.125. The lowest BCUT2D eigenvalue weighted by Crippen LogP contribution is -2.39. The van der Waals surface area contributed by atoms with Crippen LogP contribution >= 0.6 is 0 Å². The minimum absolute atomic E-state index is 0.0155. The van der Waals surface area contributed by atoms with Crippen LogP contribution in [-0.2, 0) is 14.8 Å². The van der Waals surface area contributed by atoms with Crippen molar-refractivity contribution in [2.45, 2.75) is 30.7 Å². The maximum atomic E-state index is 13.1. The van der Waals surface area contributed by atoms with Gasteiger partial charge in [-0.2, -0.15) is 4.31 Å². The van der Waals surface area contributed by atoms with Crippen molar-refractivity contribution in [3.63, 3.8) is 0 Å². The second kappa shape index (κ2) is 8.32. The highest BCUT2D eigenvalue weighted by molar-refractivity contribution is 7.89. The molecule has 28 heavy (non-hydrogen) atoms. The molecule has 1 N–H and O–H groups in total. The SMILES string of the molecule is COc1cccc([C@@H]2CN(S(=O)(=O)c3ccccc3)C[C@@H]2C(=O)NC(C)C)c1. The van der Waals surface area contributed by atoms with Crippen molar-refractivity contribution in [1.82, 2.24) is 9.62 Å². The number of ether oxygens (including phenoxy) is 1. The minimum Gasteiger partial charge on any atom is -0.497 e. The molecule has 0 bridgehead atoms. The van der Waals surface area contributed by atoms with E-state index in [9.17, 15) is 13.2 Å². The van der Waals surface area contributed by atoms with Crippen LogP contribution in [0.4, 0.5) is 0 Å². The van der Waals surface area contributed by atoms with E-state index in [2.05, 4.69) is 5.32 Å². The average molecular weight is 403 g/mol. The number of nitrogens with zero attached hydrogens (tertiary/aromatic N) is 1. The Morgan fingerprint density at radius 2 is 1.82 bits per heavy atom. The number of carbonyl (C=O) groups is 1. The molecule has 0 aliphatic carbocycles. The van der Waals surface area contributed by atoms with Crippen molar-refractivity contribution < 1.29 is 17.9 Å². The molecule has 0 saturated carbocycles. The van der Waals surface area contributed by atoms with E-state index in [4.69, 9.17) is 4.74 Å². The average Bonchev–Trinajstić information content (AvgIpc) is 3.15. The predicted octanol–water partition coefficient (Wildman–Crippen LogP) is 2.62. The second-order valence-electron chi connectivity index (χ2n) is 7.29. The summed E-state index contributed by atoms with van der Waals surface area (Å²) in [6, 6.07) is 15.8. The molecule has 1 aliphatic rings. The minimum atomic E-state index is -3.67. The Morgan fingerprint density at radius 1 is 1.11 bits per heavy atom. The van der Waals surface area contributed by atoms with Gasteiger partial charge in [0.15, 0.2) is 0 Å². The summed E-state index contributed by atoms with van der Waals surface area (Å²) in [4.78, 5) is 13.1. The third-order valence-corrected chi connectivity index (χ3v) is 6.80. The number of amides is 1. The van der Waals surface area contributed by atoms with Gasteiger partial charge < -0.3 is 10.1 Å². The van der Waals surface area contributed by atoms with Crippen LogP contribution in [0.25, 0.3) is 0 Å². The maximum Gasteiger partial charge on any atom is 0.243 e. The Balaban J connectivity index is 1.95. The Kier molecular flexibility index (Phi) is 6.05. The first-order chi connectivity index (χ1) is 13.3. The molecule has 1 saturated heterocycles. The van der Waals surface area contributed by atoms with Crippen molar-refractivity contribution >= 4 is 15.9 Å². The Hall–Kier alpha value is -2.38. The number of methoxy groups -OCH3 is 1. The third kappa shape index (κ3) is 4.20. The van der Waals surface area contributed by atoms with Gasteiger partial charge in [-0.05, 0) is 43.7 Å². The fourth-order valence-corrected chi connectivity index (χ4v) is 5.09. The summed E-state index contributed by atoms with van der Waals surface area (Å²) >= 11 is 0. The van der Waals surface area contributed by atoms with Gasteiger partial charge in [0.05, 0.1) is 17.9 Å². The molecule has 1 aliphatic heterocycles. The molecular formula is C21H26N2O4S. The number of rotatable bonds is 6. The number of hydrogen-bond acceptors (Lipinski definition) is 4. The fourth-order valence-electron chi connectivity index (χ4n) is 3.57. The molecule has 0 spiro atoms. The van der Waals surface area contributed by atoms with E-state index in [1.165, 1.54) is 4.31 Å². The molecule has 0 unspecified atom stereocenters. The molecule has 6 nitrogen and oxygen atoms in total. The van der Waals surface area contributed by atoms with Gasteiger partial charge in [-0.1, -0.05) is 30.3 Å². The highest BCUT2D eigenvalue weighted by atomic mass is 32.2. The lowest BCUT2D eigenvalue weighted by atomic mass is 9.88. The van der Waals surface area contributed by atoms with Crippen molar-refractivity contribution in [3.8, 4) is 5.75 Å². The molecule has 0 aromatic heterocycles. The monoisotopic (exact) mass is 402 g/mol. The highest BCUT2D eigenvalue weighted by Crippen LogP contribution is 2.37. The lowest BCUT2D eigenvalue weighted by Gasteiger charge is -2.20. The quantitative estimate of drug-likeness (QED) is 0.806. The van der Waals surface area contributed by atoms with Gasteiger partial charge in [-0.3, -0.25) is 4.79 Å². The largest absolute Gasteiger partial charge is 0.497 e. The topological polar surface area (TPSA) is 75.7 Å². The number of carbonyl (C=O) groups excluding carboxylic acids is 1. The van der Waals surface area contributed by atoms with Crippen LogP contribution < -0.4 is 10.1 Å². The zero-order chi connectivity index (χ0) is 20.3. The molecular weight excluding hydrogens is 376 g/mol. The van der Waals surface area contributed by atoms with Gasteiger partial charge in [-0.15, -0.1) is 0 Å². The number of benzene rings is 2. The molecule has 7 heteroatoms. The molecule has 0 radical (unpaired) electrons. The van der Waals surface area contributed by atoms with E-state index in [1.807, 2.05) is 38.1 Å². The van der Waals surface area contributed by atoms with E-state index in [1.54, 1.807) is 37.4 Å². The van der Waals surface area contributed by atoms with Crippen molar-refractivity contribution in [2.24, 2.45) is 5.92 Å². The summed E-state index contributed by atoms with van der Waals surface area (Å²) in [7, 11) is -2.08. The molecule has 1 fully saturated rings.